The van der Waals surface area contributed by atoms with Crippen LogP contribution in [0.15, 0.2) is 18.2 Å². The zero-order valence-corrected chi connectivity index (χ0v) is 13.6. The molecule has 5 heteroatoms. The monoisotopic (exact) mass is 305 g/mol. The van der Waals surface area contributed by atoms with Crippen LogP contribution in [0.1, 0.15) is 30.3 Å². The Kier molecular flexibility index (Phi) is 5.02. The van der Waals surface area contributed by atoms with Crippen molar-refractivity contribution in [1.82, 2.24) is 9.97 Å². The molecule has 2 aromatic rings. The van der Waals surface area contributed by atoms with Gasteiger partial charge in [-0.25, -0.2) is 4.98 Å². The maximum absolute atomic E-state index is 6.05. The molecule has 0 radical (unpaired) electrons. The molecule has 21 heavy (non-hydrogen) atoms. The van der Waals surface area contributed by atoms with Crippen molar-refractivity contribution in [3.63, 3.8) is 0 Å². The van der Waals surface area contributed by atoms with E-state index in [-0.39, 0.29) is 0 Å². The number of aromatic nitrogens is 2. The molecular weight excluding hydrogens is 286 g/mol. The van der Waals surface area contributed by atoms with E-state index < -0.39 is 0 Å². The summed E-state index contributed by atoms with van der Waals surface area (Å²) in [6.45, 7) is 6.05. The van der Waals surface area contributed by atoms with E-state index in [0.29, 0.717) is 10.9 Å². The molecule has 0 aliphatic rings. The minimum atomic E-state index is 0.548. The lowest BCUT2D eigenvalue weighted by Gasteiger charge is -2.13. The highest BCUT2D eigenvalue weighted by atomic mass is 35.5. The molecule has 0 spiro atoms. The van der Waals surface area contributed by atoms with Gasteiger partial charge in [0.15, 0.2) is 0 Å². The van der Waals surface area contributed by atoms with E-state index in [4.69, 9.17) is 16.3 Å². The van der Waals surface area contributed by atoms with E-state index in [0.717, 1.165) is 41.4 Å². The number of halogens is 1. The van der Waals surface area contributed by atoms with Gasteiger partial charge >= 0.3 is 0 Å². The fourth-order valence-electron chi connectivity index (χ4n) is 2.15. The largest absolute Gasteiger partial charge is 0.438 e. The van der Waals surface area contributed by atoms with Gasteiger partial charge in [0, 0.05) is 24.6 Å². The number of aryl methyl sites for hydroxylation is 3. The molecule has 1 heterocycles. The maximum atomic E-state index is 6.05. The molecule has 0 bridgehead atoms. The predicted molar refractivity (Wildman–Crippen MR) is 86.6 cm³/mol. The number of benzene rings is 1. The second-order valence-electron chi connectivity index (χ2n) is 4.98. The van der Waals surface area contributed by atoms with Gasteiger partial charge in [0.05, 0.1) is 0 Å². The summed E-state index contributed by atoms with van der Waals surface area (Å²) in [5.41, 5.74) is 1.98. The van der Waals surface area contributed by atoms with Crippen LogP contribution in [0.5, 0.6) is 11.6 Å². The quantitative estimate of drug-likeness (QED) is 0.881. The molecule has 4 nitrogen and oxygen atoms in total. The fraction of sp³-hybridized carbons (Fsp3) is 0.375. The summed E-state index contributed by atoms with van der Waals surface area (Å²) in [6.07, 6.45) is 1.82. The van der Waals surface area contributed by atoms with Crippen LogP contribution in [0.2, 0.25) is 5.02 Å². The van der Waals surface area contributed by atoms with Crippen molar-refractivity contribution < 1.29 is 4.74 Å². The Morgan fingerprint density at radius 1 is 1.14 bits per heavy atom. The van der Waals surface area contributed by atoms with Gasteiger partial charge in [-0.05, 0) is 43.5 Å². The van der Waals surface area contributed by atoms with Gasteiger partial charge in [-0.1, -0.05) is 18.5 Å². The Bertz CT molecular complexity index is 620. The first kappa shape index (κ1) is 15.6. The van der Waals surface area contributed by atoms with Crippen molar-refractivity contribution in [2.24, 2.45) is 0 Å². The Morgan fingerprint density at radius 3 is 2.38 bits per heavy atom. The summed E-state index contributed by atoms with van der Waals surface area (Å²) in [5.74, 6) is 2.88. The first-order valence-corrected chi connectivity index (χ1v) is 7.41. The normalized spacial score (nSPS) is 10.5. The number of anilines is 1. The minimum absolute atomic E-state index is 0.548. The third kappa shape index (κ3) is 3.85. The number of nitrogens with one attached hydrogen (secondary N) is 1. The molecule has 0 atom stereocenters. The van der Waals surface area contributed by atoms with Crippen LogP contribution in [-0.4, -0.2) is 17.0 Å². The van der Waals surface area contributed by atoms with Crippen molar-refractivity contribution in [2.45, 2.75) is 33.6 Å². The standard InChI is InChI=1S/C16H20ClN3O/c1-5-6-13-19-14(18-4)9-15(20-13)21-16-10(2)7-12(17)8-11(16)3/h7-9H,5-6H2,1-4H3,(H,18,19,20). The average Bonchev–Trinajstić information content (AvgIpc) is 2.43. The summed E-state index contributed by atoms with van der Waals surface area (Å²) < 4.78 is 5.97. The lowest BCUT2D eigenvalue weighted by Crippen LogP contribution is -2.02. The molecule has 0 saturated heterocycles. The highest BCUT2D eigenvalue weighted by Crippen LogP contribution is 2.31. The van der Waals surface area contributed by atoms with Crippen molar-refractivity contribution in [3.8, 4) is 11.6 Å². The number of hydrogen-bond donors (Lipinski definition) is 1. The van der Waals surface area contributed by atoms with Crippen molar-refractivity contribution in [3.05, 3.63) is 40.2 Å². The molecule has 0 aliphatic heterocycles. The summed E-state index contributed by atoms with van der Waals surface area (Å²) in [4.78, 5) is 8.88. The molecule has 0 unspecified atom stereocenters. The second kappa shape index (κ2) is 6.76. The van der Waals surface area contributed by atoms with Crippen LogP contribution in [-0.2, 0) is 6.42 Å². The van der Waals surface area contributed by atoms with Crippen molar-refractivity contribution >= 4 is 17.4 Å². The third-order valence-electron chi connectivity index (χ3n) is 3.11. The van der Waals surface area contributed by atoms with E-state index in [1.54, 1.807) is 6.07 Å². The SMILES string of the molecule is CCCc1nc(NC)cc(Oc2c(C)cc(Cl)cc2C)n1. The Labute approximate surface area is 130 Å². The Morgan fingerprint density at radius 2 is 1.81 bits per heavy atom. The molecule has 1 aromatic carbocycles. The smallest absolute Gasteiger partial charge is 0.224 e. The zero-order valence-electron chi connectivity index (χ0n) is 12.8. The molecular formula is C16H20ClN3O. The number of ether oxygens (including phenoxy) is 1. The second-order valence-corrected chi connectivity index (χ2v) is 5.41. The number of rotatable bonds is 5. The van der Waals surface area contributed by atoms with Crippen LogP contribution in [0.3, 0.4) is 0 Å². The Hall–Kier alpha value is -1.81. The molecule has 0 aliphatic carbocycles. The molecule has 112 valence electrons. The van der Waals surface area contributed by atoms with Crippen LogP contribution >= 0.6 is 11.6 Å². The molecule has 2 rings (SSSR count). The highest BCUT2D eigenvalue weighted by molar-refractivity contribution is 6.30. The molecule has 1 aromatic heterocycles. The van der Waals surface area contributed by atoms with Gasteiger partial charge in [0.1, 0.15) is 17.4 Å². The van der Waals surface area contributed by atoms with Crippen LogP contribution in [0.25, 0.3) is 0 Å². The number of hydrogen-bond acceptors (Lipinski definition) is 4. The van der Waals surface area contributed by atoms with Gasteiger partial charge in [-0.3, -0.25) is 0 Å². The van der Waals surface area contributed by atoms with Crippen LogP contribution < -0.4 is 10.1 Å². The maximum Gasteiger partial charge on any atom is 0.224 e. The summed E-state index contributed by atoms with van der Waals surface area (Å²) in [5, 5.41) is 3.75. The fourth-order valence-corrected chi connectivity index (χ4v) is 2.48. The third-order valence-corrected chi connectivity index (χ3v) is 3.33. The van der Waals surface area contributed by atoms with Gasteiger partial charge in [-0.2, -0.15) is 4.98 Å². The van der Waals surface area contributed by atoms with E-state index in [1.165, 1.54) is 0 Å². The van der Waals surface area contributed by atoms with E-state index in [2.05, 4.69) is 22.2 Å². The topological polar surface area (TPSA) is 47.0 Å². The summed E-state index contributed by atoms with van der Waals surface area (Å²) in [7, 11) is 1.83. The zero-order chi connectivity index (χ0) is 15.4. The summed E-state index contributed by atoms with van der Waals surface area (Å²) in [6, 6.07) is 5.57. The van der Waals surface area contributed by atoms with Gasteiger partial charge in [-0.15, -0.1) is 0 Å². The first-order valence-electron chi connectivity index (χ1n) is 7.03. The lowest BCUT2D eigenvalue weighted by molar-refractivity contribution is 0.452. The first-order chi connectivity index (χ1) is 10.0. The molecule has 1 N–H and O–H groups in total. The minimum Gasteiger partial charge on any atom is -0.438 e. The van der Waals surface area contributed by atoms with Crippen molar-refractivity contribution in [1.29, 1.82) is 0 Å². The molecule has 0 saturated carbocycles. The molecule has 0 amide bonds. The Balaban J connectivity index is 2.37. The lowest BCUT2D eigenvalue weighted by atomic mass is 10.1. The van der Waals surface area contributed by atoms with E-state index >= 15 is 0 Å². The van der Waals surface area contributed by atoms with Gasteiger partial charge < -0.3 is 10.1 Å². The number of nitrogens with zero attached hydrogens (tertiary/aromatic N) is 2. The van der Waals surface area contributed by atoms with Gasteiger partial charge in [0.25, 0.3) is 0 Å². The van der Waals surface area contributed by atoms with E-state index in [9.17, 15) is 0 Å². The summed E-state index contributed by atoms with van der Waals surface area (Å²) >= 11 is 6.05. The molecule has 0 fully saturated rings. The highest BCUT2D eigenvalue weighted by Gasteiger charge is 2.10. The van der Waals surface area contributed by atoms with Crippen LogP contribution in [0.4, 0.5) is 5.82 Å². The van der Waals surface area contributed by atoms with Crippen LogP contribution in [0, 0.1) is 13.8 Å². The van der Waals surface area contributed by atoms with Crippen molar-refractivity contribution in [2.75, 3.05) is 12.4 Å². The average molecular weight is 306 g/mol. The van der Waals surface area contributed by atoms with E-state index in [1.807, 2.05) is 33.0 Å². The van der Waals surface area contributed by atoms with Gasteiger partial charge in [0.2, 0.25) is 5.88 Å². The predicted octanol–water partition coefficient (Wildman–Crippen LogP) is 4.53.